The fourth-order valence-corrected chi connectivity index (χ4v) is 3.28. The first-order valence-electron chi connectivity index (χ1n) is 10.1. The number of hydrogen-bond donors (Lipinski definition) is 2. The molecule has 1 amide bonds. The number of hydrazine groups is 1. The Labute approximate surface area is 194 Å². The molecule has 3 rings (SSSR count). The molecule has 0 radical (unpaired) electrons. The number of rotatable bonds is 6. The van der Waals surface area contributed by atoms with Crippen LogP contribution in [0.4, 0.5) is 17.6 Å². The lowest BCUT2D eigenvalue weighted by Crippen LogP contribution is -2.51. The summed E-state index contributed by atoms with van der Waals surface area (Å²) in [5.41, 5.74) is 5.93. The number of benzene rings is 1. The molecule has 33 heavy (non-hydrogen) atoms. The van der Waals surface area contributed by atoms with E-state index in [0.29, 0.717) is 16.5 Å². The maximum atomic E-state index is 12.6. The summed E-state index contributed by atoms with van der Waals surface area (Å²) < 4.78 is 51.6. The number of halogens is 5. The van der Waals surface area contributed by atoms with Crippen molar-refractivity contribution in [2.75, 3.05) is 0 Å². The molecule has 0 saturated heterocycles. The minimum atomic E-state index is -2.72. The van der Waals surface area contributed by atoms with Crippen LogP contribution in [0.25, 0.3) is 0 Å². The van der Waals surface area contributed by atoms with Crippen LogP contribution in [0.15, 0.2) is 36.2 Å². The van der Waals surface area contributed by atoms with Crippen molar-refractivity contribution in [3.63, 3.8) is 0 Å². The molecule has 2 unspecified atom stereocenters. The number of nitrogens with one attached hydrogen (secondary N) is 2. The van der Waals surface area contributed by atoms with Crippen LogP contribution in [0.5, 0.6) is 0 Å². The second-order valence-corrected chi connectivity index (χ2v) is 7.93. The van der Waals surface area contributed by atoms with Crippen LogP contribution in [0.2, 0.25) is 5.02 Å². The van der Waals surface area contributed by atoms with E-state index in [9.17, 15) is 22.4 Å². The molecular weight excluding hydrogens is 462 g/mol. The summed E-state index contributed by atoms with van der Waals surface area (Å²) in [6.45, 7) is 5.59. The number of carbonyl (C=O) groups is 1. The monoisotopic (exact) mass is 485 g/mol. The van der Waals surface area contributed by atoms with E-state index < -0.39 is 24.8 Å². The van der Waals surface area contributed by atoms with E-state index in [-0.39, 0.29) is 23.5 Å². The second-order valence-electron chi connectivity index (χ2n) is 7.49. The highest BCUT2D eigenvalue weighted by atomic mass is 35.5. The summed E-state index contributed by atoms with van der Waals surface area (Å²) >= 11 is 5.88. The summed E-state index contributed by atoms with van der Waals surface area (Å²) in [6.07, 6.45) is -2.10. The number of hydrogen-bond acceptors (Lipinski definition) is 4. The lowest BCUT2D eigenvalue weighted by atomic mass is 9.97. The third-order valence-electron chi connectivity index (χ3n) is 5.21. The molecule has 11 heteroatoms. The van der Waals surface area contributed by atoms with Crippen molar-refractivity contribution in [2.45, 2.75) is 58.5 Å². The molecule has 1 aliphatic heterocycles. The summed E-state index contributed by atoms with van der Waals surface area (Å²) in [5, 5.41) is 9.38. The lowest BCUT2D eigenvalue weighted by molar-refractivity contribution is -0.119. The summed E-state index contributed by atoms with van der Waals surface area (Å²) in [6, 6.07) is 6.32. The van der Waals surface area contributed by atoms with Gasteiger partial charge in [0.2, 0.25) is 0 Å². The van der Waals surface area contributed by atoms with Gasteiger partial charge in [-0.2, -0.15) is 5.26 Å². The number of aromatic nitrogens is 2. The van der Waals surface area contributed by atoms with Crippen LogP contribution in [-0.4, -0.2) is 27.9 Å². The Bertz CT molecular complexity index is 1050. The van der Waals surface area contributed by atoms with Crippen LogP contribution in [-0.2, 0) is 11.3 Å². The predicted molar refractivity (Wildman–Crippen MR) is 116 cm³/mol. The molecule has 2 atom stereocenters. The van der Waals surface area contributed by atoms with Crippen molar-refractivity contribution in [3.05, 3.63) is 63.7 Å². The second kappa shape index (κ2) is 11.8. The third kappa shape index (κ3) is 7.04. The van der Waals surface area contributed by atoms with Gasteiger partial charge >= 0.3 is 0 Å². The van der Waals surface area contributed by atoms with Gasteiger partial charge in [0.05, 0.1) is 24.5 Å². The van der Waals surface area contributed by atoms with Crippen molar-refractivity contribution in [3.8, 4) is 6.07 Å². The first kappa shape index (κ1) is 26.4. The van der Waals surface area contributed by atoms with Crippen molar-refractivity contribution < 1.29 is 22.4 Å². The minimum Gasteiger partial charge on any atom is -0.330 e. The Morgan fingerprint density at radius 3 is 2.52 bits per heavy atom. The summed E-state index contributed by atoms with van der Waals surface area (Å²) in [5.74, 6) is -0.112. The summed E-state index contributed by atoms with van der Waals surface area (Å²) in [7, 11) is 0. The molecule has 2 N–H and O–H groups in total. The zero-order valence-corrected chi connectivity index (χ0v) is 19.0. The Hall–Kier alpha value is -2.90. The van der Waals surface area contributed by atoms with E-state index in [1.165, 1.54) is 11.5 Å². The largest absolute Gasteiger partial charge is 0.330 e. The molecule has 1 aromatic heterocycles. The Kier molecular flexibility index (Phi) is 9.44. The van der Waals surface area contributed by atoms with Crippen LogP contribution < -0.4 is 10.9 Å². The lowest BCUT2D eigenvalue weighted by Gasteiger charge is -2.22. The molecule has 0 spiro atoms. The molecule has 0 fully saturated rings. The molecule has 6 nitrogen and oxygen atoms in total. The van der Waals surface area contributed by atoms with Gasteiger partial charge in [0.25, 0.3) is 18.8 Å². The first-order chi connectivity index (χ1) is 15.6. The van der Waals surface area contributed by atoms with Crippen molar-refractivity contribution >= 4 is 17.5 Å². The van der Waals surface area contributed by atoms with E-state index in [1.54, 1.807) is 6.07 Å². The Morgan fingerprint density at radius 1 is 1.27 bits per heavy atom. The molecular formula is C22H24ClF4N5O. The van der Waals surface area contributed by atoms with E-state index in [4.69, 9.17) is 16.9 Å². The number of nitrogens with zero attached hydrogens (tertiary/aromatic N) is 3. The normalized spacial score (nSPS) is 16.6. The number of imidazole rings is 1. The van der Waals surface area contributed by atoms with Crippen LogP contribution in [0.1, 0.15) is 55.1 Å². The molecule has 2 aromatic rings. The van der Waals surface area contributed by atoms with Gasteiger partial charge < -0.3 is 4.57 Å². The van der Waals surface area contributed by atoms with Crippen LogP contribution >= 0.6 is 11.6 Å². The molecule has 1 aliphatic rings. The van der Waals surface area contributed by atoms with Gasteiger partial charge in [0, 0.05) is 16.3 Å². The Balaban J connectivity index is 0.000000257. The Morgan fingerprint density at radius 2 is 1.97 bits per heavy atom. The number of nitriles is 1. The van der Waals surface area contributed by atoms with E-state index in [0.717, 1.165) is 24.4 Å². The topological polar surface area (TPSA) is 82.7 Å². The van der Waals surface area contributed by atoms with Gasteiger partial charge in [-0.05, 0) is 49.1 Å². The maximum Gasteiger partial charge on any atom is 0.282 e. The number of amides is 1. The van der Waals surface area contributed by atoms with Gasteiger partial charge in [-0.1, -0.05) is 25.4 Å². The fraction of sp³-hybridized carbons (Fsp3) is 0.409. The molecule has 0 aliphatic carbocycles. The fourth-order valence-electron chi connectivity index (χ4n) is 3.04. The standard InChI is InChI=1S/C11H12ClN.C11H12F4N4O/c1-3-8(2)10-4-9(7-13)5-11(12)6-10;1-5-8(10(14)15)16-4-19(5)3-6-2-7(9(12)13)17-18-11(6)20/h4-6,8H,3H2,1-2H3;2,4,7,9-10,17H,3H2,1H3,(H,18,20). The van der Waals surface area contributed by atoms with Crippen molar-refractivity contribution in [2.24, 2.45) is 0 Å². The molecule has 0 bridgehead atoms. The molecule has 0 saturated carbocycles. The zero-order chi connectivity index (χ0) is 24.7. The predicted octanol–water partition coefficient (Wildman–Crippen LogP) is 5.05. The van der Waals surface area contributed by atoms with Gasteiger partial charge in [-0.15, -0.1) is 0 Å². The minimum absolute atomic E-state index is 0.0652. The van der Waals surface area contributed by atoms with Crippen molar-refractivity contribution in [1.82, 2.24) is 20.4 Å². The highest BCUT2D eigenvalue weighted by molar-refractivity contribution is 6.30. The van der Waals surface area contributed by atoms with Gasteiger partial charge in [-0.25, -0.2) is 28.0 Å². The van der Waals surface area contributed by atoms with Crippen LogP contribution in [0.3, 0.4) is 0 Å². The van der Waals surface area contributed by atoms with E-state index in [2.05, 4.69) is 35.8 Å². The average Bonchev–Trinajstić information content (AvgIpc) is 3.14. The number of carbonyl (C=O) groups excluding carboxylic acids is 1. The van der Waals surface area contributed by atoms with Gasteiger partial charge in [-0.3, -0.25) is 10.2 Å². The third-order valence-corrected chi connectivity index (χ3v) is 5.43. The molecule has 178 valence electrons. The average molecular weight is 486 g/mol. The summed E-state index contributed by atoms with van der Waals surface area (Å²) in [4.78, 5) is 15.1. The number of alkyl halides is 4. The maximum absolute atomic E-state index is 12.6. The highest BCUT2D eigenvalue weighted by Crippen LogP contribution is 2.24. The van der Waals surface area contributed by atoms with Crippen LogP contribution in [0, 0.1) is 18.3 Å². The SMILES string of the molecule is CCC(C)c1cc(Cl)cc(C#N)c1.Cc1c(C(F)F)ncn1CC1=CC(C(F)F)NNC1=O. The quantitative estimate of drug-likeness (QED) is 0.561. The zero-order valence-electron chi connectivity index (χ0n) is 18.3. The van der Waals surface area contributed by atoms with Gasteiger partial charge in [0.15, 0.2) is 0 Å². The molecule has 2 heterocycles. The van der Waals surface area contributed by atoms with E-state index in [1.807, 2.05) is 12.1 Å². The highest BCUT2D eigenvalue weighted by Gasteiger charge is 2.26. The van der Waals surface area contributed by atoms with Crippen molar-refractivity contribution in [1.29, 1.82) is 5.26 Å². The first-order valence-corrected chi connectivity index (χ1v) is 10.5. The van der Waals surface area contributed by atoms with Gasteiger partial charge in [0.1, 0.15) is 11.7 Å². The molecule has 1 aromatic carbocycles. The van der Waals surface area contributed by atoms with E-state index >= 15 is 0 Å². The smallest absolute Gasteiger partial charge is 0.282 e.